The van der Waals surface area contributed by atoms with E-state index in [0.717, 1.165) is 0 Å². The minimum atomic E-state index is -2.32. The van der Waals surface area contributed by atoms with Crippen LogP contribution in [0.1, 0.15) is 12.8 Å². The summed E-state index contributed by atoms with van der Waals surface area (Å²) >= 11 is 0. The van der Waals surface area contributed by atoms with E-state index in [1.54, 1.807) is 12.2 Å². The normalized spacial score (nSPS) is 27.2. The van der Waals surface area contributed by atoms with Crippen LogP contribution in [0.15, 0.2) is 24.0 Å². The van der Waals surface area contributed by atoms with Crippen molar-refractivity contribution in [2.75, 3.05) is 0 Å². The summed E-state index contributed by atoms with van der Waals surface area (Å²) < 4.78 is 23.8. The average Bonchev–Trinajstić information content (AvgIpc) is 2.08. The summed E-state index contributed by atoms with van der Waals surface area (Å²) in [5, 5.41) is 2.77. The zero-order chi connectivity index (χ0) is 9.90. The van der Waals surface area contributed by atoms with E-state index in [9.17, 15) is 8.78 Å². The molecule has 0 fully saturated rings. The van der Waals surface area contributed by atoms with Crippen molar-refractivity contribution in [1.82, 2.24) is 5.32 Å². The maximum absolute atomic E-state index is 11.9. The monoisotopic (exact) mass is 189 g/mol. The summed E-state index contributed by atoms with van der Waals surface area (Å²) in [5.74, 6) is 0. The molecule has 0 aliphatic carbocycles. The average molecular weight is 189 g/mol. The molecule has 5 N–H and O–H groups in total. The van der Waals surface area contributed by atoms with Gasteiger partial charge in [0, 0.05) is 18.3 Å². The standard InChI is InChI=1S/C8H13F2N3/c9-7(10)2-4-8(12)3-1-6(11)5-13-8/h1,3,5,7,13H,2,4,11-12H2. The Kier molecular flexibility index (Phi) is 2.87. The molecule has 0 radical (unpaired) electrons. The maximum atomic E-state index is 11.9. The lowest BCUT2D eigenvalue weighted by atomic mass is 10.0. The largest absolute Gasteiger partial charge is 0.398 e. The van der Waals surface area contributed by atoms with Crippen molar-refractivity contribution in [2.45, 2.75) is 24.9 Å². The SMILES string of the molecule is NC1=CNC(N)(CCC(F)F)C=C1. The van der Waals surface area contributed by atoms with Gasteiger partial charge in [-0.1, -0.05) is 0 Å². The molecular formula is C8H13F2N3. The van der Waals surface area contributed by atoms with E-state index in [2.05, 4.69) is 5.32 Å². The van der Waals surface area contributed by atoms with Gasteiger partial charge in [-0.15, -0.1) is 0 Å². The highest BCUT2D eigenvalue weighted by Crippen LogP contribution is 2.15. The van der Waals surface area contributed by atoms with Gasteiger partial charge in [0.15, 0.2) is 0 Å². The molecule has 0 aromatic rings. The van der Waals surface area contributed by atoms with Gasteiger partial charge in [0.25, 0.3) is 0 Å². The molecule has 0 bridgehead atoms. The maximum Gasteiger partial charge on any atom is 0.238 e. The van der Waals surface area contributed by atoms with Crippen LogP contribution < -0.4 is 16.8 Å². The Bertz CT molecular complexity index is 238. The quantitative estimate of drug-likeness (QED) is 0.610. The predicted octanol–water partition coefficient (Wildman–Crippen LogP) is 0.646. The summed E-state index contributed by atoms with van der Waals surface area (Å²) in [6, 6.07) is 0. The summed E-state index contributed by atoms with van der Waals surface area (Å²) in [5.41, 5.74) is 10.8. The van der Waals surface area contributed by atoms with E-state index in [0.29, 0.717) is 5.70 Å². The molecule has 0 amide bonds. The number of rotatable bonds is 3. The fraction of sp³-hybridized carbons (Fsp3) is 0.500. The van der Waals surface area contributed by atoms with Crippen LogP contribution in [0.2, 0.25) is 0 Å². The van der Waals surface area contributed by atoms with Crippen molar-refractivity contribution < 1.29 is 8.78 Å². The third kappa shape index (κ3) is 3.02. The van der Waals surface area contributed by atoms with Gasteiger partial charge in [0.2, 0.25) is 6.43 Å². The van der Waals surface area contributed by atoms with Crippen molar-refractivity contribution in [3.05, 3.63) is 24.0 Å². The molecule has 13 heavy (non-hydrogen) atoms. The second kappa shape index (κ2) is 3.74. The molecular weight excluding hydrogens is 176 g/mol. The second-order valence-corrected chi connectivity index (χ2v) is 3.09. The van der Waals surface area contributed by atoms with E-state index < -0.39 is 12.1 Å². The van der Waals surface area contributed by atoms with Crippen molar-refractivity contribution in [3.8, 4) is 0 Å². The number of nitrogens with one attached hydrogen (secondary N) is 1. The van der Waals surface area contributed by atoms with Crippen LogP contribution in [0, 0.1) is 0 Å². The Morgan fingerprint density at radius 2 is 2.23 bits per heavy atom. The lowest BCUT2D eigenvalue weighted by Gasteiger charge is -2.29. The van der Waals surface area contributed by atoms with Crippen LogP contribution >= 0.6 is 0 Å². The van der Waals surface area contributed by atoms with Gasteiger partial charge < -0.3 is 16.8 Å². The molecule has 1 unspecified atom stereocenters. The van der Waals surface area contributed by atoms with Gasteiger partial charge in [0.05, 0.1) is 0 Å². The van der Waals surface area contributed by atoms with E-state index in [-0.39, 0.29) is 12.8 Å². The first kappa shape index (κ1) is 9.98. The number of hydrogen-bond acceptors (Lipinski definition) is 3. The van der Waals surface area contributed by atoms with Crippen LogP contribution in [0.4, 0.5) is 8.78 Å². The minimum Gasteiger partial charge on any atom is -0.398 e. The van der Waals surface area contributed by atoms with Gasteiger partial charge in [-0.05, 0) is 18.6 Å². The van der Waals surface area contributed by atoms with E-state index >= 15 is 0 Å². The van der Waals surface area contributed by atoms with Crippen molar-refractivity contribution in [3.63, 3.8) is 0 Å². The number of dihydropyridines is 1. The lowest BCUT2D eigenvalue weighted by molar-refractivity contribution is 0.125. The van der Waals surface area contributed by atoms with Crippen molar-refractivity contribution in [1.29, 1.82) is 0 Å². The topological polar surface area (TPSA) is 64.1 Å². The summed E-state index contributed by atoms with van der Waals surface area (Å²) in [4.78, 5) is 0. The first-order valence-electron chi connectivity index (χ1n) is 4.01. The highest BCUT2D eigenvalue weighted by molar-refractivity contribution is 5.24. The van der Waals surface area contributed by atoms with Crippen LogP contribution in [-0.2, 0) is 0 Å². The molecule has 0 saturated heterocycles. The fourth-order valence-corrected chi connectivity index (χ4v) is 1.06. The highest BCUT2D eigenvalue weighted by Gasteiger charge is 2.23. The zero-order valence-electron chi connectivity index (χ0n) is 7.13. The molecule has 0 aromatic carbocycles. The Hall–Kier alpha value is -1.10. The van der Waals surface area contributed by atoms with E-state index in [1.807, 2.05) is 0 Å². The molecule has 0 saturated carbocycles. The summed E-state index contributed by atoms with van der Waals surface area (Å²) in [6.07, 6.45) is 2.38. The molecule has 1 rings (SSSR count). The lowest BCUT2D eigenvalue weighted by Crippen LogP contribution is -2.51. The van der Waals surface area contributed by atoms with Crippen LogP contribution in [0.25, 0.3) is 0 Å². The molecule has 1 heterocycles. The number of halogens is 2. The molecule has 3 nitrogen and oxygen atoms in total. The summed E-state index contributed by atoms with van der Waals surface area (Å²) in [6.45, 7) is 0. The first-order valence-corrected chi connectivity index (χ1v) is 4.01. The molecule has 1 aliphatic rings. The number of nitrogens with two attached hydrogens (primary N) is 2. The fourth-order valence-electron chi connectivity index (χ4n) is 1.06. The highest BCUT2D eigenvalue weighted by atomic mass is 19.3. The van der Waals surface area contributed by atoms with Gasteiger partial charge in [-0.3, -0.25) is 0 Å². The van der Waals surface area contributed by atoms with Crippen LogP contribution in [0.3, 0.4) is 0 Å². The van der Waals surface area contributed by atoms with Crippen LogP contribution in [0.5, 0.6) is 0 Å². The Balaban J connectivity index is 2.46. The summed E-state index contributed by atoms with van der Waals surface area (Å²) in [7, 11) is 0. The van der Waals surface area contributed by atoms with Crippen LogP contribution in [-0.4, -0.2) is 12.1 Å². The molecule has 0 spiro atoms. The van der Waals surface area contributed by atoms with Crippen molar-refractivity contribution >= 4 is 0 Å². The zero-order valence-corrected chi connectivity index (χ0v) is 7.13. The van der Waals surface area contributed by atoms with Crippen molar-refractivity contribution in [2.24, 2.45) is 11.5 Å². The Morgan fingerprint density at radius 3 is 2.69 bits per heavy atom. The van der Waals surface area contributed by atoms with Gasteiger partial charge >= 0.3 is 0 Å². The number of hydrogen-bond donors (Lipinski definition) is 3. The first-order chi connectivity index (χ1) is 6.02. The smallest absolute Gasteiger partial charge is 0.238 e. The molecule has 1 atom stereocenters. The minimum absolute atomic E-state index is 0.185. The van der Waals surface area contributed by atoms with Gasteiger partial charge in [0.1, 0.15) is 5.66 Å². The molecule has 5 heteroatoms. The molecule has 0 aromatic heterocycles. The number of allylic oxidation sites excluding steroid dienone is 1. The third-order valence-corrected chi connectivity index (χ3v) is 1.86. The Morgan fingerprint density at radius 1 is 1.54 bits per heavy atom. The predicted molar refractivity (Wildman–Crippen MR) is 46.7 cm³/mol. The molecule has 74 valence electrons. The van der Waals surface area contributed by atoms with Gasteiger partial charge in [-0.25, -0.2) is 8.78 Å². The third-order valence-electron chi connectivity index (χ3n) is 1.86. The van der Waals surface area contributed by atoms with Gasteiger partial charge in [-0.2, -0.15) is 0 Å². The van der Waals surface area contributed by atoms with E-state index in [1.165, 1.54) is 6.20 Å². The Labute approximate surface area is 75.5 Å². The second-order valence-electron chi connectivity index (χ2n) is 3.09. The van der Waals surface area contributed by atoms with E-state index in [4.69, 9.17) is 11.5 Å². The molecule has 1 aliphatic heterocycles. The number of alkyl halides is 2.